The quantitative estimate of drug-likeness (QED) is 0.572. The first kappa shape index (κ1) is 15.3. The van der Waals surface area contributed by atoms with Gasteiger partial charge in [0.15, 0.2) is 0 Å². The number of halogens is 2. The van der Waals surface area contributed by atoms with Crippen LogP contribution < -0.4 is 10.6 Å². The van der Waals surface area contributed by atoms with E-state index in [1.54, 1.807) is 0 Å². The Morgan fingerprint density at radius 2 is 1.95 bits per heavy atom. The Hall–Kier alpha value is -2.78. The second kappa shape index (κ2) is 5.91. The van der Waals surface area contributed by atoms with Gasteiger partial charge in [0, 0.05) is 12.1 Å². The van der Waals surface area contributed by atoms with Crippen molar-refractivity contribution < 1.29 is 28.4 Å². The normalized spacial score (nSPS) is 11.6. The van der Waals surface area contributed by atoms with E-state index in [0.717, 1.165) is 6.92 Å². The molecule has 108 valence electrons. The number of rotatable bonds is 4. The fourth-order valence-corrected chi connectivity index (χ4v) is 1.19. The topological polar surface area (TPSA) is 122 Å². The van der Waals surface area contributed by atoms with Crippen molar-refractivity contribution in [2.75, 3.05) is 5.32 Å². The number of urea groups is 1. The van der Waals surface area contributed by atoms with E-state index in [9.17, 15) is 28.5 Å². The monoisotopic (exact) mass is 289 g/mol. The summed E-state index contributed by atoms with van der Waals surface area (Å²) < 4.78 is 26.4. The van der Waals surface area contributed by atoms with Crippen molar-refractivity contribution in [3.8, 4) is 0 Å². The lowest BCUT2D eigenvalue weighted by molar-refractivity contribution is -0.387. The third-order valence-corrected chi connectivity index (χ3v) is 2.20. The molecule has 0 aliphatic carbocycles. The largest absolute Gasteiger partial charge is 0.480 e. The molecule has 1 aromatic rings. The van der Waals surface area contributed by atoms with Crippen LogP contribution in [0, 0.1) is 21.7 Å². The van der Waals surface area contributed by atoms with Crippen molar-refractivity contribution in [2.45, 2.75) is 13.0 Å². The molecule has 0 aliphatic rings. The minimum Gasteiger partial charge on any atom is -0.480 e. The SMILES string of the molecule is CC(NC(=O)Nc1cc([N+](=O)[O-])c(F)cc1F)C(=O)O. The number of carbonyl (C=O) groups is 2. The van der Waals surface area contributed by atoms with Gasteiger partial charge >= 0.3 is 17.7 Å². The highest BCUT2D eigenvalue weighted by Crippen LogP contribution is 2.24. The van der Waals surface area contributed by atoms with Crippen LogP contribution in [0.25, 0.3) is 0 Å². The Morgan fingerprint density at radius 3 is 2.45 bits per heavy atom. The van der Waals surface area contributed by atoms with E-state index in [1.165, 1.54) is 0 Å². The smallest absolute Gasteiger partial charge is 0.325 e. The third-order valence-electron chi connectivity index (χ3n) is 2.20. The number of aliphatic carboxylic acids is 1. The molecule has 1 aromatic carbocycles. The molecule has 1 rings (SSSR count). The van der Waals surface area contributed by atoms with Gasteiger partial charge in [-0.05, 0) is 6.92 Å². The molecule has 20 heavy (non-hydrogen) atoms. The Bertz CT molecular complexity index is 578. The molecule has 0 spiro atoms. The number of amides is 2. The number of benzene rings is 1. The van der Waals surface area contributed by atoms with Crippen LogP contribution in [-0.4, -0.2) is 28.1 Å². The Labute approximate surface area is 110 Å². The molecule has 0 fully saturated rings. The summed E-state index contributed by atoms with van der Waals surface area (Å²) in [6.45, 7) is 1.16. The van der Waals surface area contributed by atoms with Crippen molar-refractivity contribution in [3.63, 3.8) is 0 Å². The number of carbonyl (C=O) groups excluding carboxylic acids is 1. The summed E-state index contributed by atoms with van der Waals surface area (Å²) in [4.78, 5) is 31.2. The van der Waals surface area contributed by atoms with Crippen LogP contribution in [0.2, 0.25) is 0 Å². The van der Waals surface area contributed by atoms with E-state index in [1.807, 2.05) is 10.6 Å². The molecule has 10 heteroatoms. The number of nitrogens with one attached hydrogen (secondary N) is 2. The summed E-state index contributed by atoms with van der Waals surface area (Å²) in [6.07, 6.45) is 0. The van der Waals surface area contributed by atoms with Crippen LogP contribution in [-0.2, 0) is 4.79 Å². The molecule has 0 radical (unpaired) electrons. The van der Waals surface area contributed by atoms with Crippen molar-refractivity contribution in [2.24, 2.45) is 0 Å². The maximum absolute atomic E-state index is 13.3. The lowest BCUT2D eigenvalue weighted by Crippen LogP contribution is -2.41. The average molecular weight is 289 g/mol. The number of hydrogen-bond donors (Lipinski definition) is 3. The van der Waals surface area contributed by atoms with Crippen LogP contribution in [0.5, 0.6) is 0 Å². The number of hydrogen-bond acceptors (Lipinski definition) is 4. The second-order valence-electron chi connectivity index (χ2n) is 3.70. The van der Waals surface area contributed by atoms with Gasteiger partial charge < -0.3 is 15.7 Å². The average Bonchev–Trinajstić information content (AvgIpc) is 2.31. The van der Waals surface area contributed by atoms with Crippen molar-refractivity contribution in [3.05, 3.63) is 33.9 Å². The fourth-order valence-electron chi connectivity index (χ4n) is 1.19. The van der Waals surface area contributed by atoms with Crippen LogP contribution >= 0.6 is 0 Å². The third kappa shape index (κ3) is 3.60. The van der Waals surface area contributed by atoms with Crippen molar-refractivity contribution in [1.82, 2.24) is 5.32 Å². The number of nitrogens with zero attached hydrogens (tertiary/aromatic N) is 1. The predicted octanol–water partition coefficient (Wildman–Crippen LogP) is 1.47. The van der Waals surface area contributed by atoms with Gasteiger partial charge in [-0.2, -0.15) is 4.39 Å². The molecule has 0 aliphatic heterocycles. The summed E-state index contributed by atoms with van der Waals surface area (Å²) in [7, 11) is 0. The van der Waals surface area contributed by atoms with Crippen molar-refractivity contribution in [1.29, 1.82) is 0 Å². The number of carboxylic acids is 1. The van der Waals surface area contributed by atoms with Crippen LogP contribution in [0.1, 0.15) is 6.92 Å². The molecule has 2 amide bonds. The summed E-state index contributed by atoms with van der Waals surface area (Å²) in [6, 6.07) is -1.61. The van der Waals surface area contributed by atoms with E-state index in [-0.39, 0.29) is 6.07 Å². The molecular weight excluding hydrogens is 280 g/mol. The fraction of sp³-hybridized carbons (Fsp3) is 0.200. The predicted molar refractivity (Wildman–Crippen MR) is 62.3 cm³/mol. The molecular formula is C10H9F2N3O5. The van der Waals surface area contributed by atoms with Gasteiger partial charge in [0.1, 0.15) is 11.9 Å². The van der Waals surface area contributed by atoms with Crippen LogP contribution in [0.15, 0.2) is 12.1 Å². The van der Waals surface area contributed by atoms with Crippen LogP contribution in [0.4, 0.5) is 25.0 Å². The van der Waals surface area contributed by atoms with Crippen molar-refractivity contribution >= 4 is 23.4 Å². The molecule has 0 aromatic heterocycles. The molecule has 1 atom stereocenters. The number of carboxylic acid groups (broad SMARTS) is 1. The first-order chi connectivity index (χ1) is 9.22. The lowest BCUT2D eigenvalue weighted by Gasteiger charge is -2.11. The highest BCUT2D eigenvalue weighted by molar-refractivity contribution is 5.92. The zero-order valence-electron chi connectivity index (χ0n) is 10.0. The van der Waals surface area contributed by atoms with Gasteiger partial charge in [-0.25, -0.2) is 9.18 Å². The molecule has 3 N–H and O–H groups in total. The van der Waals surface area contributed by atoms with Gasteiger partial charge in [0.05, 0.1) is 10.6 Å². The van der Waals surface area contributed by atoms with Gasteiger partial charge in [-0.1, -0.05) is 0 Å². The second-order valence-corrected chi connectivity index (χ2v) is 3.70. The maximum Gasteiger partial charge on any atom is 0.325 e. The zero-order chi connectivity index (χ0) is 15.4. The van der Waals surface area contributed by atoms with Crippen LogP contribution in [0.3, 0.4) is 0 Å². The summed E-state index contributed by atoms with van der Waals surface area (Å²) in [5.74, 6) is -3.95. The highest BCUT2D eigenvalue weighted by atomic mass is 19.1. The number of nitro benzene ring substituents is 1. The molecule has 0 heterocycles. The van der Waals surface area contributed by atoms with Gasteiger partial charge in [0.2, 0.25) is 5.82 Å². The van der Waals surface area contributed by atoms with Gasteiger partial charge in [-0.3, -0.25) is 14.9 Å². The molecule has 0 saturated carbocycles. The van der Waals surface area contributed by atoms with E-state index < -0.39 is 46.0 Å². The molecule has 1 unspecified atom stereocenters. The van der Waals surface area contributed by atoms with Gasteiger partial charge in [0.25, 0.3) is 0 Å². The molecule has 8 nitrogen and oxygen atoms in total. The number of nitro groups is 1. The van der Waals surface area contributed by atoms with E-state index >= 15 is 0 Å². The Kier molecular flexibility index (Phi) is 4.51. The lowest BCUT2D eigenvalue weighted by atomic mass is 10.2. The molecule has 0 saturated heterocycles. The number of anilines is 1. The van der Waals surface area contributed by atoms with Gasteiger partial charge in [-0.15, -0.1) is 0 Å². The standard InChI is InChI=1S/C10H9F2N3O5/c1-4(9(16)17)13-10(18)14-7-3-8(15(19)20)6(12)2-5(7)11/h2-4H,1H3,(H,16,17)(H2,13,14,18). The summed E-state index contributed by atoms with van der Waals surface area (Å²) in [5.41, 5.74) is -1.67. The van der Waals surface area contributed by atoms with E-state index in [2.05, 4.69) is 0 Å². The zero-order valence-corrected chi connectivity index (χ0v) is 10.0. The Morgan fingerprint density at radius 1 is 1.35 bits per heavy atom. The van der Waals surface area contributed by atoms with E-state index in [0.29, 0.717) is 6.07 Å². The Balaban J connectivity index is 2.92. The minimum absolute atomic E-state index is 0.244. The first-order valence-electron chi connectivity index (χ1n) is 5.16. The minimum atomic E-state index is -1.39. The molecule has 0 bridgehead atoms. The summed E-state index contributed by atoms with van der Waals surface area (Å²) >= 11 is 0. The first-order valence-corrected chi connectivity index (χ1v) is 5.16. The summed E-state index contributed by atoms with van der Waals surface area (Å²) in [5, 5.41) is 22.8. The van der Waals surface area contributed by atoms with E-state index in [4.69, 9.17) is 5.11 Å². The maximum atomic E-state index is 13.3. The highest BCUT2D eigenvalue weighted by Gasteiger charge is 2.20.